The normalized spacial score (nSPS) is 11.1. The van der Waals surface area contributed by atoms with Crippen LogP contribution in [0.25, 0.3) is 33.4 Å². The summed E-state index contributed by atoms with van der Waals surface area (Å²) in [6, 6.07) is 13.2. The van der Waals surface area contributed by atoms with Crippen molar-refractivity contribution in [2.24, 2.45) is 42.3 Å². The number of imidazole rings is 6. The minimum atomic E-state index is -1.25. The number of benzene rings is 3. The van der Waals surface area contributed by atoms with Crippen molar-refractivity contribution in [3.05, 3.63) is 137 Å². The zero-order valence-corrected chi connectivity index (χ0v) is 54.1. The van der Waals surface area contributed by atoms with Crippen molar-refractivity contribution >= 4 is 122 Å². The van der Waals surface area contributed by atoms with Gasteiger partial charge >= 0.3 is 5.97 Å². The fourth-order valence-corrected chi connectivity index (χ4v) is 10.3. The number of carboxylic acid groups (broad SMARTS) is 1. The van der Waals surface area contributed by atoms with Crippen LogP contribution in [0, 0.1) is 0 Å². The molecule has 0 bridgehead atoms. The van der Waals surface area contributed by atoms with Gasteiger partial charge in [-0.15, -0.1) is 0 Å². The molecule has 1 aliphatic heterocycles. The average Bonchev–Trinajstić information content (AvgIpc) is 1.56. The molecule has 0 saturated carbocycles. The van der Waals surface area contributed by atoms with Gasteiger partial charge < -0.3 is 100 Å². The Bertz CT molecular complexity index is 4800. The van der Waals surface area contributed by atoms with Gasteiger partial charge in [-0.1, -0.05) is 6.07 Å². The molecule has 0 fully saturated rings. The lowest BCUT2D eigenvalue weighted by molar-refractivity contribution is -0.116. The van der Waals surface area contributed by atoms with Crippen molar-refractivity contribution < 1.29 is 53.0 Å². The molecule has 0 spiro atoms. The number of nitrogens with one attached hydrogen (secondary N) is 10. The number of aromatic carboxylic acids is 1. The van der Waals surface area contributed by atoms with Gasteiger partial charge in [0.2, 0.25) is 46.9 Å². The van der Waals surface area contributed by atoms with Gasteiger partial charge in [-0.2, -0.15) is 4.98 Å². The molecule has 10 rings (SSSR count). The number of nitrogens with zero attached hydrogens (tertiary/aromatic N) is 13. The Morgan fingerprint density at radius 2 is 0.979 bits per heavy atom. The van der Waals surface area contributed by atoms with Gasteiger partial charge in [0.25, 0.3) is 29.5 Å². The summed E-state index contributed by atoms with van der Waals surface area (Å²) < 4.78 is 14.5. The van der Waals surface area contributed by atoms with E-state index in [0.29, 0.717) is 40.3 Å². The summed E-state index contributed by atoms with van der Waals surface area (Å²) in [6.07, 6.45) is 9.31. The van der Waals surface area contributed by atoms with Crippen molar-refractivity contribution in [1.82, 2.24) is 72.8 Å². The molecular weight excluding hydrogens is 1280 g/mol. The Morgan fingerprint density at radius 1 is 0.515 bits per heavy atom. The molecule has 2 aromatic carbocycles. The van der Waals surface area contributed by atoms with Crippen LogP contribution >= 0.6 is 12.2 Å². The maximum Gasteiger partial charge on any atom is 0.336 e. The van der Waals surface area contributed by atoms with Crippen LogP contribution in [-0.4, -0.2) is 165 Å². The van der Waals surface area contributed by atoms with Crippen LogP contribution < -0.4 is 58.6 Å². The highest BCUT2D eigenvalue weighted by atomic mass is 32.1. The lowest BCUT2D eigenvalue weighted by atomic mass is 9.90. The molecule has 36 heteroatoms. The van der Waals surface area contributed by atoms with E-state index in [1.807, 2.05) is 19.0 Å². The predicted molar refractivity (Wildman–Crippen MR) is 359 cm³/mol. The molecule has 502 valence electrons. The first-order valence-electron chi connectivity index (χ1n) is 29.6. The van der Waals surface area contributed by atoms with E-state index in [1.165, 1.54) is 90.3 Å². The van der Waals surface area contributed by atoms with E-state index in [-0.39, 0.29) is 123 Å². The Labute approximate surface area is 555 Å². The van der Waals surface area contributed by atoms with E-state index in [4.69, 9.17) is 16.6 Å². The van der Waals surface area contributed by atoms with E-state index >= 15 is 0 Å². The highest BCUT2D eigenvalue weighted by Crippen LogP contribution is 2.42. The van der Waals surface area contributed by atoms with Crippen molar-refractivity contribution in [2.45, 2.75) is 19.3 Å². The molecule has 7 amide bonds. The number of aryl methyl sites for hydroxylation is 6. The molecule has 97 heavy (non-hydrogen) atoms. The van der Waals surface area contributed by atoms with Crippen LogP contribution in [-0.2, 0) is 51.9 Å². The number of fused-ring (bicyclic) bond motifs is 2. The molecule has 6 aromatic heterocycles. The van der Waals surface area contributed by atoms with E-state index in [9.17, 15) is 53.4 Å². The average molecular weight is 1340 g/mol. The minimum Gasteiger partial charge on any atom is -0.508 e. The summed E-state index contributed by atoms with van der Waals surface area (Å²) in [5.41, 5.74) is 1.41. The first kappa shape index (κ1) is 67.3. The van der Waals surface area contributed by atoms with Crippen LogP contribution in [0.4, 0.5) is 46.5 Å². The number of aromatic nitrogens is 12. The second-order valence-electron chi connectivity index (χ2n) is 22.4. The standard InChI is InChI=1S/C61H65N23O12S/c1-78(2)21-9-18-62-54(89)49-70-42(27-79(49)3)73-57(92)52-71-43(28-82(52)6)74-55(90)50-68-40(25-80(50)4)66-46(87)16-19-63-60-77-45(30-84(60)8)76-58(93)53-72-44(29-83(53)7)75-56(91)51-69-41(26-81(51)5)67-47(88)17-20-64-61(97)65-31-10-13-34(37(22-31)59(94)95)48-35-14-11-32(85)23-38(35)96-39-24-33(86)12-15-36(39)48/h10-15,22-30,85H,9,16-21H2,1-8H3,(H,62,89)(H,63,77)(H,66,87)(H,67,88)(H,73,92)(H,74,90)(H,75,91)(H,76,93)(H,94,95)(H2,64,65,97). The maximum absolute atomic E-state index is 13.4. The largest absolute Gasteiger partial charge is 0.508 e. The monoisotopic (exact) mass is 1340 g/mol. The fourth-order valence-electron chi connectivity index (χ4n) is 10.1. The molecule has 0 unspecified atom stereocenters. The Hall–Kier alpha value is -12.6. The molecule has 0 radical (unpaired) electrons. The Kier molecular flexibility index (Phi) is 19.9. The van der Waals surface area contributed by atoms with Gasteiger partial charge in [0.1, 0.15) is 17.1 Å². The number of aromatic hydroxyl groups is 1. The Morgan fingerprint density at radius 3 is 1.48 bits per heavy atom. The topological polar surface area (TPSA) is 438 Å². The van der Waals surface area contributed by atoms with Gasteiger partial charge in [0, 0.05) is 146 Å². The van der Waals surface area contributed by atoms with E-state index in [0.717, 1.165) is 13.0 Å². The summed E-state index contributed by atoms with van der Waals surface area (Å²) in [7, 11) is 13.4. The molecule has 7 heterocycles. The lowest BCUT2D eigenvalue weighted by Gasteiger charge is -2.18. The molecule has 8 aromatic rings. The third kappa shape index (κ3) is 16.1. The SMILES string of the molecule is CN(C)CCCNC(=O)c1nc(NC(=O)c2nc(NC(=O)c3nc(NC(=O)CCNc4nc(NC(=O)c5nc(NC(=O)c6nc(NC(=O)CCNC(=S)Nc7ccc(-c8c9ccc(=O)cc-9oc9cc(O)ccc89)c(C(=O)O)c7)cn6C)cn5C)cn4C)cn3C)cn2C)cn1C. The van der Waals surface area contributed by atoms with E-state index in [1.54, 1.807) is 71.1 Å². The fraction of sp³-hybridized carbons (Fsp3) is 0.246. The van der Waals surface area contributed by atoms with Crippen LogP contribution in [0.3, 0.4) is 0 Å². The molecule has 0 saturated heterocycles. The summed E-state index contributed by atoms with van der Waals surface area (Å²) >= 11 is 5.45. The van der Waals surface area contributed by atoms with Crippen molar-refractivity contribution in [1.29, 1.82) is 0 Å². The number of rotatable bonds is 25. The highest BCUT2D eigenvalue weighted by molar-refractivity contribution is 7.80. The molecule has 1 aliphatic carbocycles. The van der Waals surface area contributed by atoms with Gasteiger partial charge in [0.05, 0.1) is 5.56 Å². The second kappa shape index (κ2) is 28.7. The zero-order valence-electron chi connectivity index (χ0n) is 53.3. The number of thiocarbonyl (C=S) groups is 1. The van der Waals surface area contributed by atoms with Crippen LogP contribution in [0.1, 0.15) is 82.7 Å². The van der Waals surface area contributed by atoms with Crippen molar-refractivity contribution in [2.75, 3.05) is 82.8 Å². The molecule has 2 aliphatic rings. The number of amides is 7. The van der Waals surface area contributed by atoms with Crippen molar-refractivity contribution in [3.8, 4) is 28.2 Å². The number of carbonyl (C=O) groups is 8. The number of carbonyl (C=O) groups excluding carboxylic acids is 7. The third-order valence-electron chi connectivity index (χ3n) is 14.6. The number of hydrogen-bond donors (Lipinski definition) is 12. The predicted octanol–water partition coefficient (Wildman–Crippen LogP) is 3.82. The summed E-state index contributed by atoms with van der Waals surface area (Å²) in [5.74, 6) is -4.64. The number of hydrogen-bond acceptors (Lipinski definition) is 20. The summed E-state index contributed by atoms with van der Waals surface area (Å²) in [6.45, 7) is 1.39. The Balaban J connectivity index is 0.648. The van der Waals surface area contributed by atoms with Crippen LogP contribution in [0.15, 0.2) is 101 Å². The summed E-state index contributed by atoms with van der Waals surface area (Å²) in [5, 5.41) is 48.6. The van der Waals surface area contributed by atoms with Crippen LogP contribution in [0.2, 0.25) is 0 Å². The minimum absolute atomic E-state index is 0.00951. The zero-order chi connectivity index (χ0) is 69.5. The number of carboxylic acids is 1. The van der Waals surface area contributed by atoms with Crippen LogP contribution in [0.5, 0.6) is 5.75 Å². The second-order valence-corrected chi connectivity index (χ2v) is 22.8. The molecular formula is C61H65N23O12S. The van der Waals surface area contributed by atoms with Gasteiger partial charge in [-0.25, -0.2) is 29.7 Å². The quantitative estimate of drug-likeness (QED) is 0.0220. The third-order valence-corrected chi connectivity index (χ3v) is 14.8. The highest BCUT2D eigenvalue weighted by Gasteiger charge is 2.26. The molecule has 12 N–H and O–H groups in total. The maximum atomic E-state index is 13.4. The van der Waals surface area contributed by atoms with Gasteiger partial charge in [-0.3, -0.25) is 38.4 Å². The number of phenols is 1. The van der Waals surface area contributed by atoms with Gasteiger partial charge in [0.15, 0.2) is 45.4 Å². The van der Waals surface area contributed by atoms with Crippen molar-refractivity contribution in [3.63, 3.8) is 0 Å². The molecule has 0 atom stereocenters. The van der Waals surface area contributed by atoms with E-state index < -0.39 is 47.3 Å². The van der Waals surface area contributed by atoms with Gasteiger partial charge in [-0.05, 0) is 81.2 Å². The smallest absolute Gasteiger partial charge is 0.336 e. The number of phenolic OH excluding ortho intramolecular Hbond substituents is 1. The number of anilines is 8. The first-order chi connectivity index (χ1) is 46.2. The first-order valence-corrected chi connectivity index (χ1v) is 30.0. The van der Waals surface area contributed by atoms with E-state index in [2.05, 4.69) is 83.1 Å². The lowest BCUT2D eigenvalue weighted by Crippen LogP contribution is -2.31. The molecule has 35 nitrogen and oxygen atoms in total. The summed E-state index contributed by atoms with van der Waals surface area (Å²) in [4.78, 5) is 145.